The van der Waals surface area contributed by atoms with Crippen LogP contribution in [-0.2, 0) is 9.59 Å². The Hall–Kier alpha value is -1.85. The van der Waals surface area contributed by atoms with Crippen molar-refractivity contribution in [1.29, 1.82) is 0 Å². The monoisotopic (exact) mass is 250 g/mol. The Bertz CT molecular complexity index is 441. The summed E-state index contributed by atoms with van der Waals surface area (Å²) in [5.74, 6) is 0.490. The molecule has 1 saturated heterocycles. The molecule has 2 amide bonds. The van der Waals surface area contributed by atoms with Gasteiger partial charge in [0, 0.05) is 18.5 Å². The van der Waals surface area contributed by atoms with Crippen molar-refractivity contribution in [3.8, 4) is 0 Å². The number of H-pyrrole nitrogens is 1. The third-order valence-corrected chi connectivity index (χ3v) is 3.10. The predicted molar refractivity (Wildman–Crippen MR) is 67.0 cm³/mol. The number of nitrogens with zero attached hydrogens (tertiary/aromatic N) is 2. The highest BCUT2D eigenvalue weighted by Crippen LogP contribution is 2.12. The minimum absolute atomic E-state index is 0.0731. The zero-order valence-corrected chi connectivity index (χ0v) is 10.5. The van der Waals surface area contributed by atoms with E-state index in [1.807, 2.05) is 6.92 Å². The number of nitrogens with one attached hydrogen (secondary N) is 2. The average molecular weight is 250 g/mol. The molecule has 1 aromatic rings. The zero-order valence-electron chi connectivity index (χ0n) is 10.5. The third-order valence-electron chi connectivity index (χ3n) is 3.10. The van der Waals surface area contributed by atoms with Crippen molar-refractivity contribution >= 4 is 17.6 Å². The van der Waals surface area contributed by atoms with Crippen molar-refractivity contribution in [3.63, 3.8) is 0 Å². The van der Waals surface area contributed by atoms with E-state index in [9.17, 15) is 9.59 Å². The molecule has 18 heavy (non-hydrogen) atoms. The molecule has 0 radical (unpaired) electrons. The van der Waals surface area contributed by atoms with Crippen LogP contribution in [0.4, 0.5) is 5.82 Å². The van der Waals surface area contributed by atoms with Crippen LogP contribution in [0.2, 0.25) is 0 Å². The van der Waals surface area contributed by atoms with Gasteiger partial charge in [0.05, 0.1) is 12.7 Å². The summed E-state index contributed by atoms with van der Waals surface area (Å²) in [6.45, 7) is 2.65. The summed E-state index contributed by atoms with van der Waals surface area (Å²) < 4.78 is 0. The summed E-state index contributed by atoms with van der Waals surface area (Å²) in [6, 6.07) is 0. The molecule has 6 nitrogen and oxygen atoms in total. The van der Waals surface area contributed by atoms with E-state index in [1.54, 1.807) is 11.1 Å². The van der Waals surface area contributed by atoms with E-state index in [2.05, 4.69) is 15.5 Å². The number of carbonyl (C=O) groups is 2. The van der Waals surface area contributed by atoms with Gasteiger partial charge in [-0.05, 0) is 19.8 Å². The first-order valence-electron chi connectivity index (χ1n) is 6.24. The van der Waals surface area contributed by atoms with E-state index in [0.29, 0.717) is 18.8 Å². The maximum Gasteiger partial charge on any atom is 0.245 e. The predicted octanol–water partition coefficient (Wildman–Crippen LogP) is 1.06. The fourth-order valence-electron chi connectivity index (χ4n) is 2.03. The van der Waals surface area contributed by atoms with Crippen molar-refractivity contribution in [2.75, 3.05) is 18.4 Å². The van der Waals surface area contributed by atoms with Gasteiger partial charge in [-0.15, -0.1) is 0 Å². The summed E-state index contributed by atoms with van der Waals surface area (Å²) >= 11 is 0. The normalized spacial score (nSPS) is 16.5. The molecule has 0 atom stereocenters. The number of likely N-dealkylation sites (tertiary alicyclic amines) is 1. The van der Waals surface area contributed by atoms with Crippen molar-refractivity contribution < 1.29 is 9.59 Å². The van der Waals surface area contributed by atoms with Gasteiger partial charge in [0.25, 0.3) is 0 Å². The average Bonchev–Trinajstić information content (AvgIpc) is 2.61. The highest BCUT2D eigenvalue weighted by atomic mass is 16.2. The Kier molecular flexibility index (Phi) is 3.96. The van der Waals surface area contributed by atoms with Gasteiger partial charge in [0.15, 0.2) is 0 Å². The van der Waals surface area contributed by atoms with Crippen LogP contribution in [0, 0.1) is 6.92 Å². The lowest BCUT2D eigenvalue weighted by atomic mass is 10.2. The van der Waals surface area contributed by atoms with Crippen LogP contribution in [0.15, 0.2) is 6.20 Å². The minimum Gasteiger partial charge on any atom is -0.333 e. The number of amides is 2. The molecule has 0 aromatic carbocycles. The van der Waals surface area contributed by atoms with E-state index >= 15 is 0 Å². The molecule has 98 valence electrons. The van der Waals surface area contributed by atoms with E-state index in [0.717, 1.165) is 24.8 Å². The number of anilines is 1. The van der Waals surface area contributed by atoms with Gasteiger partial charge in [0.1, 0.15) is 5.82 Å². The Morgan fingerprint density at radius 2 is 2.33 bits per heavy atom. The van der Waals surface area contributed by atoms with E-state index in [1.165, 1.54) is 0 Å². The molecule has 2 rings (SSSR count). The first-order valence-corrected chi connectivity index (χ1v) is 6.24. The lowest BCUT2D eigenvalue weighted by molar-refractivity contribution is -0.134. The Labute approximate surface area is 106 Å². The summed E-state index contributed by atoms with van der Waals surface area (Å²) in [5, 5.41) is 9.27. The Morgan fingerprint density at radius 3 is 3.06 bits per heavy atom. The summed E-state index contributed by atoms with van der Waals surface area (Å²) in [5.41, 5.74) is 0.880. The van der Waals surface area contributed by atoms with Gasteiger partial charge in [-0.25, -0.2) is 0 Å². The molecular formula is C12H18N4O2. The molecule has 1 aliphatic heterocycles. The summed E-state index contributed by atoms with van der Waals surface area (Å²) in [6.07, 6.45) is 5.16. The number of aromatic nitrogens is 2. The molecule has 0 unspecified atom stereocenters. The highest BCUT2D eigenvalue weighted by molar-refractivity contribution is 5.94. The lowest BCUT2D eigenvalue weighted by Crippen LogP contribution is -2.37. The number of hydrogen-bond acceptors (Lipinski definition) is 3. The standard InChI is InChI=1S/C12H18N4O2/c1-9-7-13-15-12(9)14-10(17)8-16-6-4-2-3-5-11(16)18/h7H,2-6,8H2,1H3,(H2,13,14,15,17). The van der Waals surface area contributed by atoms with Crippen LogP contribution < -0.4 is 5.32 Å². The summed E-state index contributed by atoms with van der Waals surface area (Å²) in [7, 11) is 0. The van der Waals surface area contributed by atoms with Crippen molar-refractivity contribution in [2.45, 2.75) is 32.6 Å². The van der Waals surface area contributed by atoms with E-state index < -0.39 is 0 Å². The Balaban J connectivity index is 1.90. The fraction of sp³-hybridized carbons (Fsp3) is 0.583. The number of rotatable bonds is 3. The maximum atomic E-state index is 11.8. The molecule has 0 bridgehead atoms. The first-order chi connectivity index (χ1) is 8.66. The quantitative estimate of drug-likeness (QED) is 0.842. The molecule has 0 aliphatic carbocycles. The van der Waals surface area contributed by atoms with E-state index in [-0.39, 0.29) is 18.4 Å². The molecule has 2 heterocycles. The van der Waals surface area contributed by atoms with Crippen LogP contribution >= 0.6 is 0 Å². The van der Waals surface area contributed by atoms with Crippen LogP contribution in [-0.4, -0.2) is 40.0 Å². The SMILES string of the molecule is Cc1cn[nH]c1NC(=O)CN1CCCCCC1=O. The zero-order chi connectivity index (χ0) is 13.0. The molecule has 1 aliphatic rings. The molecular weight excluding hydrogens is 232 g/mol. The molecule has 6 heteroatoms. The van der Waals surface area contributed by atoms with Crippen molar-refractivity contribution in [1.82, 2.24) is 15.1 Å². The fourth-order valence-corrected chi connectivity index (χ4v) is 2.03. The van der Waals surface area contributed by atoms with Gasteiger partial charge in [-0.2, -0.15) is 5.10 Å². The second-order valence-electron chi connectivity index (χ2n) is 4.60. The van der Waals surface area contributed by atoms with Gasteiger partial charge in [0.2, 0.25) is 11.8 Å². The molecule has 0 spiro atoms. The Morgan fingerprint density at radius 1 is 1.50 bits per heavy atom. The van der Waals surface area contributed by atoms with Gasteiger partial charge >= 0.3 is 0 Å². The topological polar surface area (TPSA) is 78.1 Å². The minimum atomic E-state index is -0.183. The van der Waals surface area contributed by atoms with Crippen LogP contribution in [0.25, 0.3) is 0 Å². The molecule has 0 saturated carbocycles. The lowest BCUT2D eigenvalue weighted by Gasteiger charge is -2.19. The second kappa shape index (κ2) is 5.66. The number of hydrogen-bond donors (Lipinski definition) is 2. The van der Waals surface area contributed by atoms with Crippen LogP contribution in [0.3, 0.4) is 0 Å². The van der Waals surface area contributed by atoms with Crippen LogP contribution in [0.5, 0.6) is 0 Å². The van der Waals surface area contributed by atoms with Crippen molar-refractivity contribution in [2.24, 2.45) is 0 Å². The largest absolute Gasteiger partial charge is 0.333 e. The number of carbonyl (C=O) groups excluding carboxylic acids is 2. The first kappa shape index (κ1) is 12.6. The number of aryl methyl sites for hydroxylation is 1. The number of aromatic amines is 1. The molecule has 1 fully saturated rings. The van der Waals surface area contributed by atoms with E-state index in [4.69, 9.17) is 0 Å². The smallest absolute Gasteiger partial charge is 0.245 e. The van der Waals surface area contributed by atoms with Gasteiger partial charge in [-0.1, -0.05) is 6.42 Å². The molecule has 2 N–H and O–H groups in total. The summed E-state index contributed by atoms with van der Waals surface area (Å²) in [4.78, 5) is 25.2. The highest BCUT2D eigenvalue weighted by Gasteiger charge is 2.19. The van der Waals surface area contributed by atoms with Gasteiger partial charge < -0.3 is 10.2 Å². The second-order valence-corrected chi connectivity index (χ2v) is 4.60. The third kappa shape index (κ3) is 3.09. The maximum absolute atomic E-state index is 11.8. The van der Waals surface area contributed by atoms with Gasteiger partial charge in [-0.3, -0.25) is 14.7 Å². The molecule has 1 aromatic heterocycles. The van der Waals surface area contributed by atoms with Crippen LogP contribution in [0.1, 0.15) is 31.2 Å². The van der Waals surface area contributed by atoms with Crippen molar-refractivity contribution in [3.05, 3.63) is 11.8 Å².